The summed E-state index contributed by atoms with van der Waals surface area (Å²) in [6, 6.07) is 16.9. The minimum absolute atomic E-state index is 1.05. The van der Waals surface area contributed by atoms with E-state index in [1.54, 1.807) is 0 Å². The van der Waals surface area contributed by atoms with Crippen molar-refractivity contribution in [2.75, 3.05) is 0 Å². The molecule has 3 rings (SSSR count). The smallest absolute Gasteiger partial charge is 0.250 e. The molecule has 0 N–H and O–H groups in total. The van der Waals surface area contributed by atoms with Crippen molar-refractivity contribution in [3.05, 3.63) is 48.3 Å². The molecule has 0 radical (unpaired) electrons. The van der Waals surface area contributed by atoms with E-state index in [2.05, 4.69) is 74.7 Å². The summed E-state index contributed by atoms with van der Waals surface area (Å²) in [5.74, 6) is 1.05. The standard InChI is InChI=1S/C21H29NOSi/c1-5-9-18-11-13-21-20-16-19(23-24(6-2,7-3)8-4)12-10-17(20)14-15-22(18)21/h10-16H,5-9H2,1-4H3. The van der Waals surface area contributed by atoms with E-state index in [0.717, 1.165) is 12.2 Å². The zero-order valence-electron chi connectivity index (χ0n) is 15.4. The van der Waals surface area contributed by atoms with Crippen molar-refractivity contribution < 1.29 is 4.43 Å². The Bertz CT molecular complexity index is 824. The number of rotatable bonds is 7. The van der Waals surface area contributed by atoms with Gasteiger partial charge < -0.3 is 8.83 Å². The Kier molecular flexibility index (Phi) is 5.00. The summed E-state index contributed by atoms with van der Waals surface area (Å²) in [5.41, 5.74) is 2.68. The number of aryl methyl sites for hydroxylation is 1. The summed E-state index contributed by atoms with van der Waals surface area (Å²) >= 11 is 0. The quantitative estimate of drug-likeness (QED) is 0.452. The number of hydrogen-bond donors (Lipinski definition) is 0. The maximum atomic E-state index is 6.59. The maximum Gasteiger partial charge on any atom is 0.250 e. The fourth-order valence-electron chi connectivity index (χ4n) is 3.68. The van der Waals surface area contributed by atoms with Gasteiger partial charge in [0.15, 0.2) is 0 Å². The third kappa shape index (κ3) is 2.97. The van der Waals surface area contributed by atoms with Crippen LogP contribution in [0, 0.1) is 0 Å². The first kappa shape index (κ1) is 17.1. The van der Waals surface area contributed by atoms with E-state index in [-0.39, 0.29) is 0 Å². The fraction of sp³-hybridized carbons (Fsp3) is 0.429. The van der Waals surface area contributed by atoms with Gasteiger partial charge in [-0.2, -0.15) is 0 Å². The van der Waals surface area contributed by atoms with Crippen molar-refractivity contribution in [1.82, 2.24) is 4.40 Å². The third-order valence-corrected chi connectivity index (χ3v) is 10.0. The van der Waals surface area contributed by atoms with Crippen molar-refractivity contribution in [1.29, 1.82) is 0 Å². The fourth-order valence-corrected chi connectivity index (χ4v) is 6.24. The SMILES string of the molecule is CCCc1ccc2c3cc(O[Si](CC)(CC)CC)ccc3ccn12. The number of fused-ring (bicyclic) bond motifs is 3. The lowest BCUT2D eigenvalue weighted by Crippen LogP contribution is -2.39. The lowest BCUT2D eigenvalue weighted by Gasteiger charge is -2.29. The lowest BCUT2D eigenvalue weighted by atomic mass is 10.1. The highest BCUT2D eigenvalue weighted by atomic mass is 28.4. The van der Waals surface area contributed by atoms with Crippen LogP contribution in [0.1, 0.15) is 39.8 Å². The molecule has 0 aliphatic carbocycles. The highest BCUT2D eigenvalue weighted by molar-refractivity contribution is 6.74. The highest BCUT2D eigenvalue weighted by Gasteiger charge is 2.30. The number of pyridine rings is 1. The first-order chi connectivity index (χ1) is 11.7. The molecule has 2 nitrogen and oxygen atoms in total. The minimum atomic E-state index is -1.63. The lowest BCUT2D eigenvalue weighted by molar-refractivity contribution is 0.533. The molecule has 1 aromatic carbocycles. The van der Waals surface area contributed by atoms with Gasteiger partial charge in [0.2, 0.25) is 8.32 Å². The molecule has 2 heterocycles. The highest BCUT2D eigenvalue weighted by Crippen LogP contribution is 2.30. The molecular formula is C21H29NOSi. The predicted octanol–water partition coefficient (Wildman–Crippen LogP) is 6.43. The molecule has 0 aliphatic heterocycles. The first-order valence-corrected chi connectivity index (χ1v) is 11.9. The van der Waals surface area contributed by atoms with Gasteiger partial charge in [-0.25, -0.2) is 0 Å². The van der Waals surface area contributed by atoms with Gasteiger partial charge in [-0.05, 0) is 60.3 Å². The second-order valence-electron chi connectivity index (χ2n) is 6.74. The van der Waals surface area contributed by atoms with E-state index >= 15 is 0 Å². The summed E-state index contributed by atoms with van der Waals surface area (Å²) in [5, 5.41) is 2.58. The van der Waals surface area contributed by atoms with Gasteiger partial charge in [0.05, 0.1) is 5.52 Å². The largest absolute Gasteiger partial charge is 0.543 e. The van der Waals surface area contributed by atoms with E-state index in [9.17, 15) is 0 Å². The minimum Gasteiger partial charge on any atom is -0.543 e. The Morgan fingerprint density at radius 3 is 2.33 bits per heavy atom. The number of hydrogen-bond acceptors (Lipinski definition) is 1. The van der Waals surface area contributed by atoms with Gasteiger partial charge in [0.25, 0.3) is 0 Å². The van der Waals surface area contributed by atoms with Crippen LogP contribution in [-0.2, 0) is 6.42 Å². The Labute approximate surface area is 146 Å². The molecule has 3 aromatic rings. The number of benzene rings is 1. The van der Waals surface area contributed by atoms with Gasteiger partial charge >= 0.3 is 0 Å². The Morgan fingerprint density at radius 1 is 0.917 bits per heavy atom. The van der Waals surface area contributed by atoms with Crippen LogP contribution in [-0.4, -0.2) is 12.7 Å². The zero-order chi connectivity index (χ0) is 17.2. The second kappa shape index (κ2) is 7.02. The monoisotopic (exact) mass is 339 g/mol. The molecule has 128 valence electrons. The number of aromatic nitrogens is 1. The Hall–Kier alpha value is -1.74. The summed E-state index contributed by atoms with van der Waals surface area (Å²) in [4.78, 5) is 0. The van der Waals surface area contributed by atoms with E-state index in [1.807, 2.05) is 0 Å². The van der Waals surface area contributed by atoms with Gasteiger partial charge in [-0.3, -0.25) is 0 Å². The zero-order valence-corrected chi connectivity index (χ0v) is 16.4. The molecule has 0 unspecified atom stereocenters. The van der Waals surface area contributed by atoms with Crippen LogP contribution >= 0.6 is 0 Å². The normalized spacial score (nSPS) is 12.2. The van der Waals surface area contributed by atoms with Crippen molar-refractivity contribution in [3.63, 3.8) is 0 Å². The first-order valence-electron chi connectivity index (χ1n) is 9.38. The van der Waals surface area contributed by atoms with E-state index in [4.69, 9.17) is 4.43 Å². The predicted molar refractivity (Wildman–Crippen MR) is 107 cm³/mol. The van der Waals surface area contributed by atoms with E-state index in [1.165, 1.54) is 46.5 Å². The van der Waals surface area contributed by atoms with Crippen LogP contribution in [0.25, 0.3) is 16.3 Å². The molecule has 24 heavy (non-hydrogen) atoms. The van der Waals surface area contributed by atoms with Gasteiger partial charge in [0, 0.05) is 17.3 Å². The second-order valence-corrected chi connectivity index (χ2v) is 11.4. The van der Waals surface area contributed by atoms with Crippen molar-refractivity contribution in [2.45, 2.75) is 58.7 Å². The summed E-state index contributed by atoms with van der Waals surface area (Å²) < 4.78 is 8.92. The molecule has 3 heteroatoms. The Morgan fingerprint density at radius 2 is 1.67 bits per heavy atom. The third-order valence-electron chi connectivity index (χ3n) is 5.48. The number of nitrogens with zero attached hydrogens (tertiary/aromatic N) is 1. The van der Waals surface area contributed by atoms with Crippen LogP contribution in [0.15, 0.2) is 42.6 Å². The van der Waals surface area contributed by atoms with Gasteiger partial charge in [-0.1, -0.05) is 40.2 Å². The van der Waals surface area contributed by atoms with Gasteiger partial charge in [-0.15, -0.1) is 0 Å². The van der Waals surface area contributed by atoms with E-state index < -0.39 is 8.32 Å². The summed E-state index contributed by atoms with van der Waals surface area (Å²) in [6.07, 6.45) is 4.49. The van der Waals surface area contributed by atoms with Gasteiger partial charge in [0.1, 0.15) is 5.75 Å². The molecule has 0 bridgehead atoms. The molecule has 0 fully saturated rings. The van der Waals surface area contributed by atoms with Crippen LogP contribution in [0.3, 0.4) is 0 Å². The van der Waals surface area contributed by atoms with E-state index in [0.29, 0.717) is 0 Å². The van der Waals surface area contributed by atoms with Crippen molar-refractivity contribution >= 4 is 24.6 Å². The van der Waals surface area contributed by atoms with Crippen LogP contribution in [0.4, 0.5) is 0 Å². The maximum absolute atomic E-state index is 6.59. The average molecular weight is 340 g/mol. The molecular weight excluding hydrogens is 310 g/mol. The molecule has 0 atom stereocenters. The molecule has 0 spiro atoms. The molecule has 2 aromatic heterocycles. The Balaban J connectivity index is 2.07. The molecule has 0 amide bonds. The van der Waals surface area contributed by atoms with Crippen LogP contribution in [0.5, 0.6) is 5.75 Å². The van der Waals surface area contributed by atoms with Crippen LogP contribution in [0.2, 0.25) is 18.1 Å². The van der Waals surface area contributed by atoms with Crippen molar-refractivity contribution in [3.8, 4) is 5.75 Å². The summed E-state index contributed by atoms with van der Waals surface area (Å²) in [6.45, 7) is 9.07. The molecule has 0 saturated carbocycles. The average Bonchev–Trinajstić information content (AvgIpc) is 3.03. The van der Waals surface area contributed by atoms with Crippen LogP contribution < -0.4 is 4.43 Å². The topological polar surface area (TPSA) is 13.6 Å². The molecule has 0 saturated heterocycles. The summed E-state index contributed by atoms with van der Waals surface area (Å²) in [7, 11) is -1.63. The molecule has 0 aliphatic rings. The van der Waals surface area contributed by atoms with Crippen molar-refractivity contribution in [2.24, 2.45) is 0 Å².